The molecule has 2 aromatic rings. The fourth-order valence-electron chi connectivity index (χ4n) is 3.29. The molecule has 0 spiro atoms. The number of carbonyl (C=O) groups is 1. The third kappa shape index (κ3) is 3.75. The molecule has 1 aromatic heterocycles. The maximum absolute atomic E-state index is 12.8. The van der Waals surface area contributed by atoms with E-state index < -0.39 is 0 Å². The average molecular weight is 323 g/mol. The lowest BCUT2D eigenvalue weighted by molar-refractivity contribution is 0.0983. The van der Waals surface area contributed by atoms with Crippen molar-refractivity contribution in [2.75, 3.05) is 16.8 Å². The van der Waals surface area contributed by atoms with Crippen molar-refractivity contribution < 1.29 is 4.79 Å². The molecule has 0 aliphatic heterocycles. The average Bonchev–Trinajstić information content (AvgIpc) is 3.09. The Morgan fingerprint density at radius 3 is 2.67 bits per heavy atom. The molecule has 24 heavy (non-hydrogen) atoms. The van der Waals surface area contributed by atoms with E-state index in [1.165, 1.54) is 25.7 Å². The lowest BCUT2D eigenvalue weighted by atomic mass is 10.2. The zero-order valence-electron chi connectivity index (χ0n) is 14.5. The first-order valence-electron chi connectivity index (χ1n) is 8.78. The highest BCUT2D eigenvalue weighted by Crippen LogP contribution is 2.22. The molecular formula is C20H25N3O. The number of pyridine rings is 1. The van der Waals surface area contributed by atoms with E-state index in [0.29, 0.717) is 18.3 Å². The van der Waals surface area contributed by atoms with Gasteiger partial charge in [-0.2, -0.15) is 0 Å². The molecule has 1 aliphatic carbocycles. The van der Waals surface area contributed by atoms with Gasteiger partial charge in [0.25, 0.3) is 5.91 Å². The van der Waals surface area contributed by atoms with Gasteiger partial charge in [0.2, 0.25) is 0 Å². The number of amides is 1. The zero-order chi connectivity index (χ0) is 16.9. The van der Waals surface area contributed by atoms with Gasteiger partial charge in [-0.1, -0.05) is 25.0 Å². The summed E-state index contributed by atoms with van der Waals surface area (Å²) in [6.45, 7) is 4.63. The standard InChI is InChI=1S/C20H25N3O/c1-3-23(18-10-6-7-15(2)13-18)20(24)19-12-11-17(14-21-19)22-16-8-4-5-9-16/h6-7,10-14,16,22H,3-5,8-9H2,1-2H3. The van der Waals surface area contributed by atoms with E-state index in [0.717, 1.165) is 16.9 Å². The van der Waals surface area contributed by atoms with Crippen molar-refractivity contribution in [3.05, 3.63) is 53.9 Å². The van der Waals surface area contributed by atoms with Crippen molar-refractivity contribution in [1.82, 2.24) is 4.98 Å². The number of anilines is 2. The predicted octanol–water partition coefficient (Wildman–Crippen LogP) is 4.41. The molecule has 1 N–H and O–H groups in total. The van der Waals surface area contributed by atoms with Crippen molar-refractivity contribution in [2.45, 2.75) is 45.6 Å². The van der Waals surface area contributed by atoms with Gasteiger partial charge in [-0.25, -0.2) is 4.98 Å². The van der Waals surface area contributed by atoms with E-state index in [9.17, 15) is 4.79 Å². The first-order valence-corrected chi connectivity index (χ1v) is 8.78. The van der Waals surface area contributed by atoms with Crippen molar-refractivity contribution in [1.29, 1.82) is 0 Å². The van der Waals surface area contributed by atoms with E-state index in [4.69, 9.17) is 0 Å². The van der Waals surface area contributed by atoms with Gasteiger partial charge in [-0.05, 0) is 56.5 Å². The number of nitrogens with one attached hydrogen (secondary N) is 1. The zero-order valence-corrected chi connectivity index (χ0v) is 14.5. The number of carbonyl (C=O) groups excluding carboxylic acids is 1. The minimum atomic E-state index is -0.0597. The molecule has 1 aromatic carbocycles. The minimum Gasteiger partial charge on any atom is -0.381 e. The fraction of sp³-hybridized carbons (Fsp3) is 0.400. The second-order valence-corrected chi connectivity index (χ2v) is 6.45. The van der Waals surface area contributed by atoms with Gasteiger partial charge in [0.1, 0.15) is 5.69 Å². The molecule has 3 rings (SSSR count). The molecule has 0 radical (unpaired) electrons. The topological polar surface area (TPSA) is 45.2 Å². The molecular weight excluding hydrogens is 298 g/mol. The molecule has 4 nitrogen and oxygen atoms in total. The highest BCUT2D eigenvalue weighted by Gasteiger charge is 2.18. The normalized spacial score (nSPS) is 14.6. The van der Waals surface area contributed by atoms with Crippen LogP contribution in [0.5, 0.6) is 0 Å². The maximum atomic E-state index is 12.8. The summed E-state index contributed by atoms with van der Waals surface area (Å²) in [5, 5.41) is 3.50. The summed E-state index contributed by atoms with van der Waals surface area (Å²) in [6.07, 6.45) is 6.80. The predicted molar refractivity (Wildman–Crippen MR) is 98.6 cm³/mol. The van der Waals surface area contributed by atoms with E-state index in [1.807, 2.05) is 50.2 Å². The summed E-state index contributed by atoms with van der Waals surface area (Å²) in [4.78, 5) is 18.9. The largest absolute Gasteiger partial charge is 0.381 e. The van der Waals surface area contributed by atoms with Crippen LogP contribution in [-0.2, 0) is 0 Å². The van der Waals surface area contributed by atoms with Gasteiger partial charge >= 0.3 is 0 Å². The lowest BCUT2D eigenvalue weighted by Gasteiger charge is -2.21. The van der Waals surface area contributed by atoms with Gasteiger partial charge in [0, 0.05) is 18.3 Å². The molecule has 1 aliphatic rings. The van der Waals surface area contributed by atoms with Crippen LogP contribution in [0.25, 0.3) is 0 Å². The number of benzene rings is 1. The molecule has 126 valence electrons. The highest BCUT2D eigenvalue weighted by atomic mass is 16.2. The lowest BCUT2D eigenvalue weighted by Crippen LogP contribution is -2.31. The summed E-state index contributed by atoms with van der Waals surface area (Å²) < 4.78 is 0. The van der Waals surface area contributed by atoms with Crippen LogP contribution in [0.15, 0.2) is 42.6 Å². The molecule has 1 amide bonds. The Morgan fingerprint density at radius 1 is 1.25 bits per heavy atom. The van der Waals surface area contributed by atoms with Crippen molar-refractivity contribution in [2.24, 2.45) is 0 Å². The summed E-state index contributed by atoms with van der Waals surface area (Å²) in [6, 6.07) is 12.3. The molecule has 0 atom stereocenters. The summed E-state index contributed by atoms with van der Waals surface area (Å²) >= 11 is 0. The number of hydrogen-bond donors (Lipinski definition) is 1. The van der Waals surface area contributed by atoms with E-state index in [-0.39, 0.29) is 5.91 Å². The third-order valence-electron chi connectivity index (χ3n) is 4.58. The molecule has 1 fully saturated rings. The Kier molecular flexibility index (Phi) is 5.14. The molecule has 1 saturated carbocycles. The molecule has 4 heteroatoms. The Bertz CT molecular complexity index is 690. The van der Waals surface area contributed by atoms with Crippen molar-refractivity contribution in [3.63, 3.8) is 0 Å². The van der Waals surface area contributed by atoms with Crippen LogP contribution < -0.4 is 10.2 Å². The quantitative estimate of drug-likeness (QED) is 0.886. The van der Waals surface area contributed by atoms with E-state index in [1.54, 1.807) is 11.1 Å². The number of hydrogen-bond acceptors (Lipinski definition) is 3. The van der Waals surface area contributed by atoms with E-state index in [2.05, 4.69) is 10.3 Å². The second-order valence-electron chi connectivity index (χ2n) is 6.45. The highest BCUT2D eigenvalue weighted by molar-refractivity contribution is 6.04. The Morgan fingerprint density at radius 2 is 2.04 bits per heavy atom. The summed E-state index contributed by atoms with van der Waals surface area (Å²) in [5.41, 5.74) is 3.53. The summed E-state index contributed by atoms with van der Waals surface area (Å²) in [7, 11) is 0. The van der Waals surface area contributed by atoms with Gasteiger partial charge < -0.3 is 10.2 Å². The van der Waals surface area contributed by atoms with Crippen molar-refractivity contribution >= 4 is 17.3 Å². The molecule has 0 unspecified atom stereocenters. The first-order chi connectivity index (χ1) is 11.7. The Balaban J connectivity index is 1.73. The van der Waals surface area contributed by atoms with Gasteiger partial charge in [0.15, 0.2) is 0 Å². The molecule has 0 bridgehead atoms. The van der Waals surface area contributed by atoms with Gasteiger partial charge in [-0.15, -0.1) is 0 Å². The minimum absolute atomic E-state index is 0.0597. The monoisotopic (exact) mass is 323 g/mol. The molecule has 1 heterocycles. The SMILES string of the molecule is CCN(C(=O)c1ccc(NC2CCCC2)cn1)c1cccc(C)c1. The number of nitrogens with zero attached hydrogens (tertiary/aromatic N) is 2. The first kappa shape index (κ1) is 16.5. The smallest absolute Gasteiger partial charge is 0.276 e. The van der Waals surface area contributed by atoms with Gasteiger partial charge in [-0.3, -0.25) is 4.79 Å². The number of aryl methyl sites for hydroxylation is 1. The van der Waals surface area contributed by atoms with Crippen LogP contribution in [0.3, 0.4) is 0 Å². The van der Waals surface area contributed by atoms with Crippen molar-refractivity contribution in [3.8, 4) is 0 Å². The van der Waals surface area contributed by atoms with Gasteiger partial charge in [0.05, 0.1) is 11.9 Å². The van der Waals surface area contributed by atoms with Crippen LogP contribution in [0.4, 0.5) is 11.4 Å². The molecule has 0 saturated heterocycles. The third-order valence-corrected chi connectivity index (χ3v) is 4.58. The Labute approximate surface area is 143 Å². The van der Waals surface area contributed by atoms with Crippen LogP contribution in [0, 0.1) is 6.92 Å². The summed E-state index contributed by atoms with van der Waals surface area (Å²) in [5.74, 6) is -0.0597. The van der Waals surface area contributed by atoms with E-state index >= 15 is 0 Å². The Hall–Kier alpha value is -2.36. The number of rotatable bonds is 5. The number of aromatic nitrogens is 1. The fourth-order valence-corrected chi connectivity index (χ4v) is 3.29. The maximum Gasteiger partial charge on any atom is 0.276 e. The second kappa shape index (κ2) is 7.47. The van der Waals surface area contributed by atoms with Crippen LogP contribution in [-0.4, -0.2) is 23.5 Å². The van der Waals surface area contributed by atoms with Crippen LogP contribution >= 0.6 is 0 Å². The van der Waals surface area contributed by atoms with Crippen LogP contribution in [0.1, 0.15) is 48.7 Å². The van der Waals surface area contributed by atoms with Crippen LogP contribution in [0.2, 0.25) is 0 Å².